The summed E-state index contributed by atoms with van der Waals surface area (Å²) in [7, 11) is 0. The molecule has 1 saturated heterocycles. The second-order valence-corrected chi connectivity index (χ2v) is 8.40. The lowest BCUT2D eigenvalue weighted by atomic mass is 10.0. The van der Waals surface area contributed by atoms with Gasteiger partial charge in [0, 0.05) is 37.8 Å². The lowest BCUT2D eigenvalue weighted by Crippen LogP contribution is -2.49. The van der Waals surface area contributed by atoms with E-state index in [2.05, 4.69) is 39.1 Å². The van der Waals surface area contributed by atoms with Gasteiger partial charge in [-0.1, -0.05) is 42.5 Å². The van der Waals surface area contributed by atoms with Crippen molar-refractivity contribution in [3.05, 3.63) is 84.7 Å². The van der Waals surface area contributed by atoms with Gasteiger partial charge in [-0.2, -0.15) is 0 Å². The Kier molecular flexibility index (Phi) is 6.38. The van der Waals surface area contributed by atoms with Gasteiger partial charge in [-0.3, -0.25) is 4.79 Å². The number of anilines is 1. The summed E-state index contributed by atoms with van der Waals surface area (Å²) in [6.07, 6.45) is 2.04. The van der Waals surface area contributed by atoms with Crippen molar-refractivity contribution in [1.29, 1.82) is 0 Å². The van der Waals surface area contributed by atoms with Crippen LogP contribution in [0.15, 0.2) is 79.1 Å². The average molecular weight is 453 g/mol. The van der Waals surface area contributed by atoms with Crippen molar-refractivity contribution in [3.63, 3.8) is 0 Å². The molecule has 0 bridgehead atoms. The fourth-order valence-electron chi connectivity index (χ4n) is 4.47. The Bertz CT molecular complexity index is 1280. The zero-order valence-corrected chi connectivity index (χ0v) is 19.4. The number of hydrogen-bond donors (Lipinski definition) is 0. The molecule has 0 spiro atoms. The van der Waals surface area contributed by atoms with Crippen LogP contribution >= 0.6 is 0 Å². The molecule has 1 aliphatic rings. The molecule has 6 heteroatoms. The highest BCUT2D eigenvalue weighted by Gasteiger charge is 2.23. The van der Waals surface area contributed by atoms with Crippen molar-refractivity contribution in [2.45, 2.75) is 13.3 Å². The van der Waals surface area contributed by atoms with Crippen LogP contribution in [-0.4, -0.2) is 53.6 Å². The van der Waals surface area contributed by atoms with Crippen LogP contribution in [0.5, 0.6) is 5.75 Å². The molecule has 0 aliphatic carbocycles. The second kappa shape index (κ2) is 9.91. The Labute approximate surface area is 199 Å². The molecule has 0 N–H and O–H groups in total. The molecule has 0 saturated carbocycles. The molecule has 1 amide bonds. The number of hydrogen-bond acceptors (Lipinski definition) is 5. The van der Waals surface area contributed by atoms with Crippen LogP contribution in [0.1, 0.15) is 12.5 Å². The maximum Gasteiger partial charge on any atom is 0.227 e. The summed E-state index contributed by atoms with van der Waals surface area (Å²) in [6.45, 7) is 5.50. The molecule has 0 radical (unpaired) electrons. The van der Waals surface area contributed by atoms with Gasteiger partial charge in [0.2, 0.25) is 5.91 Å². The van der Waals surface area contributed by atoms with Crippen LogP contribution < -0.4 is 9.64 Å². The monoisotopic (exact) mass is 452 g/mol. The molecule has 6 nitrogen and oxygen atoms in total. The number of rotatable bonds is 6. The number of nitrogens with zero attached hydrogens (tertiary/aromatic N) is 4. The Balaban J connectivity index is 1.23. The first kappa shape index (κ1) is 21.9. The average Bonchev–Trinajstić information content (AvgIpc) is 2.90. The van der Waals surface area contributed by atoms with Gasteiger partial charge < -0.3 is 14.5 Å². The van der Waals surface area contributed by atoms with Gasteiger partial charge in [-0.05, 0) is 47.5 Å². The zero-order chi connectivity index (χ0) is 23.3. The highest BCUT2D eigenvalue weighted by atomic mass is 16.5. The largest absolute Gasteiger partial charge is 0.494 e. The third kappa shape index (κ3) is 4.71. The van der Waals surface area contributed by atoms with Crippen molar-refractivity contribution >= 4 is 22.5 Å². The van der Waals surface area contributed by atoms with Crippen LogP contribution in [0.2, 0.25) is 0 Å². The summed E-state index contributed by atoms with van der Waals surface area (Å²) in [6, 6.07) is 24.4. The van der Waals surface area contributed by atoms with Crippen LogP contribution in [0.4, 0.5) is 5.82 Å². The van der Waals surface area contributed by atoms with Gasteiger partial charge in [0.1, 0.15) is 17.9 Å². The summed E-state index contributed by atoms with van der Waals surface area (Å²) in [5, 5.41) is 2.32. The van der Waals surface area contributed by atoms with Crippen molar-refractivity contribution < 1.29 is 9.53 Å². The molecule has 1 aliphatic heterocycles. The smallest absolute Gasteiger partial charge is 0.227 e. The summed E-state index contributed by atoms with van der Waals surface area (Å²) in [5.41, 5.74) is 2.99. The first-order chi connectivity index (χ1) is 16.7. The standard InChI is InChI=1S/C28H28N4O2/c1-2-34-24-12-10-22(11-13-24)26-19-27(30-20-29-26)31-14-16-32(17-15-31)28(33)18-23-8-5-7-21-6-3-4-9-25(21)23/h3-13,19-20H,2,14-18H2,1H3. The van der Waals surface area contributed by atoms with Crippen LogP contribution in [0.3, 0.4) is 0 Å². The van der Waals surface area contributed by atoms with E-state index in [4.69, 9.17) is 4.74 Å². The summed E-state index contributed by atoms with van der Waals surface area (Å²) in [5.74, 6) is 1.92. The minimum atomic E-state index is 0.175. The molecule has 1 fully saturated rings. The number of aromatic nitrogens is 2. The number of ether oxygens (including phenoxy) is 1. The molecule has 1 aromatic heterocycles. The Hall–Kier alpha value is -3.93. The molecule has 172 valence electrons. The molecule has 3 aromatic carbocycles. The van der Waals surface area contributed by atoms with E-state index in [1.807, 2.05) is 60.4 Å². The van der Waals surface area contributed by atoms with Crippen LogP contribution in [0, 0.1) is 0 Å². The lowest BCUT2D eigenvalue weighted by molar-refractivity contribution is -0.130. The predicted molar refractivity (Wildman–Crippen MR) is 135 cm³/mol. The second-order valence-electron chi connectivity index (χ2n) is 8.40. The summed E-state index contributed by atoms with van der Waals surface area (Å²) >= 11 is 0. The number of carbonyl (C=O) groups is 1. The van der Waals surface area contributed by atoms with E-state index in [1.54, 1.807) is 6.33 Å². The van der Waals surface area contributed by atoms with E-state index in [-0.39, 0.29) is 5.91 Å². The van der Waals surface area contributed by atoms with E-state index >= 15 is 0 Å². The Morgan fingerprint density at radius 2 is 1.68 bits per heavy atom. The van der Waals surface area contributed by atoms with Crippen molar-refractivity contribution in [3.8, 4) is 17.0 Å². The topological polar surface area (TPSA) is 58.6 Å². The Morgan fingerprint density at radius 3 is 2.47 bits per heavy atom. The minimum Gasteiger partial charge on any atom is -0.494 e. The minimum absolute atomic E-state index is 0.175. The van der Waals surface area contributed by atoms with Gasteiger partial charge in [0.15, 0.2) is 0 Å². The van der Waals surface area contributed by atoms with Crippen molar-refractivity contribution in [2.75, 3.05) is 37.7 Å². The third-order valence-electron chi connectivity index (χ3n) is 6.29. The summed E-state index contributed by atoms with van der Waals surface area (Å²) < 4.78 is 5.53. The van der Waals surface area contributed by atoms with Gasteiger partial charge in [-0.15, -0.1) is 0 Å². The zero-order valence-electron chi connectivity index (χ0n) is 19.4. The van der Waals surface area contributed by atoms with E-state index in [0.717, 1.165) is 46.9 Å². The number of fused-ring (bicyclic) bond motifs is 1. The maximum absolute atomic E-state index is 13.0. The van der Waals surface area contributed by atoms with Gasteiger partial charge in [-0.25, -0.2) is 9.97 Å². The quantitative estimate of drug-likeness (QED) is 0.428. The van der Waals surface area contributed by atoms with Gasteiger partial charge in [0.25, 0.3) is 0 Å². The van der Waals surface area contributed by atoms with Gasteiger partial charge >= 0.3 is 0 Å². The first-order valence-electron chi connectivity index (χ1n) is 11.8. The predicted octanol–water partition coefficient (Wildman–Crippen LogP) is 4.59. The molecule has 0 atom stereocenters. The van der Waals surface area contributed by atoms with E-state index in [9.17, 15) is 4.79 Å². The fourth-order valence-corrected chi connectivity index (χ4v) is 4.47. The molecular weight excluding hydrogens is 424 g/mol. The number of amides is 1. The van der Waals surface area contributed by atoms with Crippen molar-refractivity contribution in [2.24, 2.45) is 0 Å². The van der Waals surface area contributed by atoms with Crippen LogP contribution in [-0.2, 0) is 11.2 Å². The highest BCUT2D eigenvalue weighted by Crippen LogP contribution is 2.24. The van der Waals surface area contributed by atoms with Gasteiger partial charge in [0.05, 0.1) is 18.7 Å². The normalized spacial score (nSPS) is 13.8. The number of carbonyl (C=O) groups excluding carboxylic acids is 1. The molecule has 2 heterocycles. The maximum atomic E-state index is 13.0. The third-order valence-corrected chi connectivity index (χ3v) is 6.29. The summed E-state index contributed by atoms with van der Waals surface area (Å²) in [4.78, 5) is 26.2. The van der Waals surface area contributed by atoms with Crippen molar-refractivity contribution in [1.82, 2.24) is 14.9 Å². The molecule has 4 aromatic rings. The van der Waals surface area contributed by atoms with E-state index in [0.29, 0.717) is 26.1 Å². The highest BCUT2D eigenvalue weighted by molar-refractivity contribution is 5.90. The molecule has 5 rings (SSSR count). The van der Waals surface area contributed by atoms with E-state index < -0.39 is 0 Å². The fraction of sp³-hybridized carbons (Fsp3) is 0.250. The molecular formula is C28H28N4O2. The number of piperazine rings is 1. The molecule has 0 unspecified atom stereocenters. The molecule has 34 heavy (non-hydrogen) atoms. The first-order valence-corrected chi connectivity index (χ1v) is 11.8. The number of benzene rings is 3. The van der Waals surface area contributed by atoms with Crippen LogP contribution in [0.25, 0.3) is 22.0 Å². The van der Waals surface area contributed by atoms with E-state index in [1.165, 1.54) is 5.39 Å². The Morgan fingerprint density at radius 1 is 0.912 bits per heavy atom. The lowest BCUT2D eigenvalue weighted by Gasteiger charge is -2.35. The SMILES string of the molecule is CCOc1ccc(-c2cc(N3CCN(C(=O)Cc4cccc5ccccc45)CC3)ncn2)cc1.